The van der Waals surface area contributed by atoms with Gasteiger partial charge in [0.25, 0.3) is 0 Å². The molecule has 44 heavy (non-hydrogen) atoms. The Kier molecular flexibility index (Phi) is 7.81. The number of hydrogen-bond donors (Lipinski definition) is 1. The number of carbonyl (C=O) groups is 4. The van der Waals surface area contributed by atoms with Crippen molar-refractivity contribution >= 4 is 46.2 Å². The summed E-state index contributed by atoms with van der Waals surface area (Å²) in [6.45, 7) is 1.66. The van der Waals surface area contributed by atoms with Crippen LogP contribution in [0.2, 0.25) is 0 Å². The van der Waals surface area contributed by atoms with Gasteiger partial charge in [-0.2, -0.15) is 10.4 Å². The number of esters is 3. The Hall–Kier alpha value is -5.69. The SMILES string of the molecule is COC(=O)c1cn(C(=O)OC[C@H]2O[C@@](C#N)(c3ccc4c(N)ncnn34)[C@H](OC(C)=O)[C@@H]2OC(C)=O)c2cc(OC)ccc12. The molecule has 4 aromatic rings. The monoisotopic (exact) mass is 606 g/mol. The van der Waals surface area contributed by atoms with Gasteiger partial charge < -0.3 is 34.2 Å². The van der Waals surface area contributed by atoms with Crippen molar-refractivity contribution in [3.8, 4) is 11.8 Å². The summed E-state index contributed by atoms with van der Waals surface area (Å²) in [6, 6.07) is 9.78. The van der Waals surface area contributed by atoms with Gasteiger partial charge in [0.15, 0.2) is 18.0 Å². The van der Waals surface area contributed by atoms with E-state index in [9.17, 15) is 24.4 Å². The van der Waals surface area contributed by atoms with Gasteiger partial charge in [0.2, 0.25) is 5.60 Å². The molecule has 0 amide bonds. The highest BCUT2D eigenvalue weighted by Gasteiger charge is 2.62. The number of hydrogen-bond acceptors (Lipinski definition) is 14. The van der Waals surface area contributed by atoms with E-state index in [1.807, 2.05) is 6.07 Å². The number of nitriles is 1. The van der Waals surface area contributed by atoms with Crippen molar-refractivity contribution < 1.29 is 47.6 Å². The Morgan fingerprint density at radius 1 is 1.09 bits per heavy atom. The summed E-state index contributed by atoms with van der Waals surface area (Å²) in [7, 11) is 2.64. The van der Waals surface area contributed by atoms with Crippen molar-refractivity contribution in [2.45, 2.75) is 37.8 Å². The van der Waals surface area contributed by atoms with E-state index < -0.39 is 54.5 Å². The first-order chi connectivity index (χ1) is 21.0. The van der Waals surface area contributed by atoms with Crippen molar-refractivity contribution in [2.24, 2.45) is 0 Å². The molecule has 0 radical (unpaired) electrons. The number of nitrogen functional groups attached to an aromatic ring is 1. The van der Waals surface area contributed by atoms with Gasteiger partial charge in [0.05, 0.1) is 31.0 Å². The Balaban J connectivity index is 1.53. The zero-order valence-electron chi connectivity index (χ0n) is 23.9. The van der Waals surface area contributed by atoms with E-state index in [1.165, 1.54) is 43.1 Å². The summed E-state index contributed by atoms with van der Waals surface area (Å²) in [4.78, 5) is 54.1. The maximum atomic E-state index is 13.4. The van der Waals surface area contributed by atoms with Gasteiger partial charge in [-0.25, -0.2) is 19.1 Å². The lowest BCUT2D eigenvalue weighted by molar-refractivity contribution is -0.166. The molecule has 0 spiro atoms. The Bertz CT molecular complexity index is 1840. The fourth-order valence-corrected chi connectivity index (χ4v) is 5.15. The van der Waals surface area contributed by atoms with Crippen LogP contribution >= 0.6 is 0 Å². The first-order valence-corrected chi connectivity index (χ1v) is 13.0. The minimum atomic E-state index is -2.10. The number of nitrogens with two attached hydrogens (primary N) is 1. The first-order valence-electron chi connectivity index (χ1n) is 13.0. The molecule has 5 rings (SSSR count). The maximum absolute atomic E-state index is 13.4. The van der Waals surface area contributed by atoms with Crippen molar-refractivity contribution in [3.05, 3.63) is 54.1 Å². The fraction of sp³-hybridized carbons (Fsp3) is 0.321. The normalized spacial score (nSPS) is 21.0. The van der Waals surface area contributed by atoms with Crippen LogP contribution in [0.1, 0.15) is 29.9 Å². The summed E-state index contributed by atoms with van der Waals surface area (Å²) in [5.74, 6) is -1.76. The van der Waals surface area contributed by atoms with Crippen LogP contribution in [0.15, 0.2) is 42.9 Å². The van der Waals surface area contributed by atoms with Gasteiger partial charge in [-0.05, 0) is 24.3 Å². The molecule has 4 atom stereocenters. The van der Waals surface area contributed by atoms with E-state index in [4.69, 9.17) is 34.2 Å². The van der Waals surface area contributed by atoms with Crippen LogP contribution in [0.4, 0.5) is 10.6 Å². The van der Waals surface area contributed by atoms with Crippen molar-refractivity contribution in [1.82, 2.24) is 19.2 Å². The third kappa shape index (κ3) is 4.98. The Morgan fingerprint density at radius 2 is 1.84 bits per heavy atom. The number of ether oxygens (including phenoxy) is 6. The van der Waals surface area contributed by atoms with Crippen molar-refractivity contribution in [2.75, 3.05) is 26.6 Å². The van der Waals surface area contributed by atoms with Crippen LogP contribution in [0, 0.1) is 11.3 Å². The lowest BCUT2D eigenvalue weighted by Gasteiger charge is -2.28. The average Bonchev–Trinajstić information content (AvgIpc) is 3.69. The highest BCUT2D eigenvalue weighted by molar-refractivity contribution is 6.07. The standard InChI is InChI=1S/C28H26N6O10/c1-14(35)42-23-21(11-41-27(38)33-10-18(26(37)40-4)17-6-5-16(39-3)9-20(17)33)44-28(12-29,24(23)43-15(2)36)22-8-7-19-25(30)31-13-32-34(19)22/h5-10,13,21,23-24H,11H2,1-4H3,(H2,30,31,32)/t21-,23-,24-,28+/m1/s1. The van der Waals surface area contributed by atoms with E-state index in [2.05, 4.69) is 10.1 Å². The minimum Gasteiger partial charge on any atom is -0.497 e. The van der Waals surface area contributed by atoms with Gasteiger partial charge >= 0.3 is 24.0 Å². The van der Waals surface area contributed by atoms with Crippen LogP contribution in [-0.2, 0) is 38.9 Å². The van der Waals surface area contributed by atoms with E-state index in [1.54, 1.807) is 12.1 Å². The molecule has 16 nitrogen and oxygen atoms in total. The largest absolute Gasteiger partial charge is 0.497 e. The molecule has 228 valence electrons. The molecule has 1 aromatic carbocycles. The minimum absolute atomic E-state index is 0.0903. The summed E-state index contributed by atoms with van der Waals surface area (Å²) in [6.07, 6.45) is -2.77. The molecule has 1 fully saturated rings. The Labute approximate surface area is 248 Å². The zero-order valence-corrected chi connectivity index (χ0v) is 23.9. The van der Waals surface area contributed by atoms with Crippen molar-refractivity contribution in [3.63, 3.8) is 0 Å². The van der Waals surface area contributed by atoms with Gasteiger partial charge in [-0.3, -0.25) is 14.2 Å². The molecule has 1 saturated heterocycles. The molecule has 4 heterocycles. The number of aromatic nitrogens is 4. The maximum Gasteiger partial charge on any atom is 0.418 e. The number of benzene rings is 1. The van der Waals surface area contributed by atoms with Gasteiger partial charge in [-0.1, -0.05) is 0 Å². The van der Waals surface area contributed by atoms with E-state index in [0.29, 0.717) is 16.7 Å². The van der Waals surface area contributed by atoms with E-state index in [-0.39, 0.29) is 22.6 Å². The summed E-state index contributed by atoms with van der Waals surface area (Å²) in [5.41, 5.74) is 4.66. The molecule has 0 unspecified atom stereocenters. The predicted molar refractivity (Wildman–Crippen MR) is 147 cm³/mol. The quantitative estimate of drug-likeness (QED) is 0.235. The summed E-state index contributed by atoms with van der Waals surface area (Å²) in [5, 5.41) is 15.1. The van der Waals surface area contributed by atoms with Crippen molar-refractivity contribution in [1.29, 1.82) is 5.26 Å². The molecular formula is C28H26N6O10. The van der Waals surface area contributed by atoms with E-state index >= 15 is 0 Å². The van der Waals surface area contributed by atoms with Crippen LogP contribution in [0.3, 0.4) is 0 Å². The number of fused-ring (bicyclic) bond motifs is 2. The molecule has 16 heteroatoms. The van der Waals surface area contributed by atoms with Gasteiger partial charge in [0, 0.05) is 31.5 Å². The average molecular weight is 607 g/mol. The fourth-order valence-electron chi connectivity index (χ4n) is 5.15. The second kappa shape index (κ2) is 11.5. The number of nitrogens with zero attached hydrogens (tertiary/aromatic N) is 5. The van der Waals surface area contributed by atoms with Gasteiger partial charge in [0.1, 0.15) is 36.4 Å². The molecule has 2 N–H and O–H groups in total. The molecule has 0 aliphatic carbocycles. The second-order valence-electron chi connectivity index (χ2n) is 9.63. The highest BCUT2D eigenvalue weighted by atomic mass is 16.7. The topological polar surface area (TPSA) is 209 Å². The molecule has 0 bridgehead atoms. The summed E-state index contributed by atoms with van der Waals surface area (Å²) < 4.78 is 35.2. The number of rotatable bonds is 7. The number of carbonyl (C=O) groups excluding carboxylic acids is 4. The molecular weight excluding hydrogens is 580 g/mol. The van der Waals surface area contributed by atoms with Crippen LogP contribution in [-0.4, -0.2) is 82.3 Å². The smallest absolute Gasteiger partial charge is 0.418 e. The Morgan fingerprint density at radius 3 is 2.50 bits per heavy atom. The molecule has 1 aliphatic rings. The molecule has 3 aromatic heterocycles. The second-order valence-corrected chi connectivity index (χ2v) is 9.63. The van der Waals surface area contributed by atoms with Crippen LogP contribution in [0.25, 0.3) is 16.4 Å². The van der Waals surface area contributed by atoms with Crippen LogP contribution in [0.5, 0.6) is 5.75 Å². The molecule has 0 saturated carbocycles. The van der Waals surface area contributed by atoms with E-state index in [0.717, 1.165) is 24.7 Å². The number of anilines is 1. The number of methoxy groups -OCH3 is 2. The highest BCUT2D eigenvalue weighted by Crippen LogP contribution is 2.43. The third-order valence-electron chi connectivity index (χ3n) is 7.01. The summed E-state index contributed by atoms with van der Waals surface area (Å²) >= 11 is 0. The van der Waals surface area contributed by atoms with Crippen LogP contribution < -0.4 is 10.5 Å². The van der Waals surface area contributed by atoms with Gasteiger partial charge in [-0.15, -0.1) is 0 Å². The zero-order chi connectivity index (χ0) is 31.8. The molecule has 1 aliphatic heterocycles. The lowest BCUT2D eigenvalue weighted by Crippen LogP contribution is -2.45. The lowest BCUT2D eigenvalue weighted by atomic mass is 9.92. The first kappa shape index (κ1) is 29.8. The predicted octanol–water partition coefficient (Wildman–Crippen LogP) is 1.73. The third-order valence-corrected chi connectivity index (χ3v) is 7.01.